The Hall–Kier alpha value is -3.22. The molecule has 0 saturated heterocycles. The van der Waals surface area contributed by atoms with Crippen molar-refractivity contribution in [2.24, 2.45) is 0 Å². The molecule has 0 bridgehead atoms. The summed E-state index contributed by atoms with van der Waals surface area (Å²) in [7, 11) is 0. The Morgan fingerprint density at radius 3 is 2.86 bits per heavy atom. The minimum absolute atomic E-state index is 0.113. The second-order valence-corrected chi connectivity index (χ2v) is 6.72. The van der Waals surface area contributed by atoms with Gasteiger partial charge in [-0.2, -0.15) is 4.98 Å². The maximum atomic E-state index is 12.3. The Labute approximate surface area is 163 Å². The predicted molar refractivity (Wildman–Crippen MR) is 105 cm³/mol. The topological polar surface area (TPSA) is 97.1 Å². The fourth-order valence-electron chi connectivity index (χ4n) is 2.52. The number of benzene rings is 1. The molecule has 1 saturated carbocycles. The summed E-state index contributed by atoms with van der Waals surface area (Å²) in [6.07, 6.45) is 8.23. The molecule has 0 aliphatic heterocycles. The maximum absolute atomic E-state index is 12.3. The summed E-state index contributed by atoms with van der Waals surface area (Å²) in [5.41, 5.74) is 2.38. The first-order valence-corrected chi connectivity index (χ1v) is 9.43. The van der Waals surface area contributed by atoms with E-state index in [1.54, 1.807) is 12.2 Å². The van der Waals surface area contributed by atoms with E-state index in [1.807, 2.05) is 44.2 Å². The summed E-state index contributed by atoms with van der Waals surface area (Å²) >= 11 is 0. The molecule has 7 nitrogen and oxygen atoms in total. The molecule has 0 atom stereocenters. The van der Waals surface area contributed by atoms with Gasteiger partial charge in [-0.3, -0.25) is 9.59 Å². The first-order chi connectivity index (χ1) is 13.6. The van der Waals surface area contributed by atoms with Crippen molar-refractivity contribution in [3.63, 3.8) is 0 Å². The van der Waals surface area contributed by atoms with E-state index in [0.29, 0.717) is 11.4 Å². The van der Waals surface area contributed by atoms with E-state index in [9.17, 15) is 9.59 Å². The van der Waals surface area contributed by atoms with Crippen molar-refractivity contribution in [1.82, 2.24) is 20.8 Å². The van der Waals surface area contributed by atoms with Crippen molar-refractivity contribution in [3.8, 4) is 11.4 Å². The van der Waals surface area contributed by atoms with Crippen LogP contribution in [0.5, 0.6) is 0 Å². The number of aromatic nitrogens is 2. The number of aryl methyl sites for hydroxylation is 1. The first kappa shape index (κ1) is 19.5. The molecule has 146 valence electrons. The normalized spacial score (nSPS) is 14.3. The summed E-state index contributed by atoms with van der Waals surface area (Å²) in [6, 6.07) is 7.91. The van der Waals surface area contributed by atoms with E-state index in [0.717, 1.165) is 30.4 Å². The Morgan fingerprint density at radius 1 is 1.32 bits per heavy atom. The van der Waals surface area contributed by atoms with Crippen LogP contribution in [0, 0.1) is 6.92 Å². The fourth-order valence-corrected chi connectivity index (χ4v) is 2.52. The van der Waals surface area contributed by atoms with Crippen LogP contribution in [0.25, 0.3) is 11.4 Å². The van der Waals surface area contributed by atoms with Gasteiger partial charge in [-0.05, 0) is 32.3 Å². The molecule has 0 spiro atoms. The minimum Gasteiger partial charge on any atom is -0.349 e. The number of hydrogen-bond donors (Lipinski definition) is 2. The molecule has 2 amide bonds. The van der Waals surface area contributed by atoms with Gasteiger partial charge < -0.3 is 15.2 Å². The number of carbonyl (C=O) groups excluding carboxylic acids is 2. The number of rotatable bonds is 8. The predicted octanol–water partition coefficient (Wildman–Crippen LogP) is 2.95. The van der Waals surface area contributed by atoms with Crippen molar-refractivity contribution in [2.45, 2.75) is 39.2 Å². The van der Waals surface area contributed by atoms with Gasteiger partial charge in [0.15, 0.2) is 0 Å². The van der Waals surface area contributed by atoms with Gasteiger partial charge in [0, 0.05) is 23.7 Å². The summed E-state index contributed by atoms with van der Waals surface area (Å²) in [5, 5.41) is 9.49. The third-order valence-corrected chi connectivity index (χ3v) is 4.19. The lowest BCUT2D eigenvalue weighted by Gasteiger charge is -2.05. The zero-order chi connectivity index (χ0) is 19.9. The molecule has 28 heavy (non-hydrogen) atoms. The smallest absolute Gasteiger partial charge is 0.316 e. The highest BCUT2D eigenvalue weighted by molar-refractivity contribution is 5.96. The summed E-state index contributed by atoms with van der Waals surface area (Å²) < 4.78 is 5.06. The molecule has 1 fully saturated rings. The van der Waals surface area contributed by atoms with Crippen LogP contribution in [0.2, 0.25) is 0 Å². The Bertz CT molecular complexity index is 910. The summed E-state index contributed by atoms with van der Waals surface area (Å²) in [4.78, 5) is 28.7. The standard InChI is InChI=1S/C21H24N4O3/c1-3-4-7-15(19(26)23-17-9-10-17)11-12-22-20(27)21-24-18(25-28-21)16-8-5-6-14(2)13-16/h4-8,11,13,17H,3,9-10,12H2,1-2H3,(H,22,27)(H,23,26)/b7-4-,15-11+. The Morgan fingerprint density at radius 2 is 2.14 bits per heavy atom. The SMILES string of the molecule is CC/C=C\C(=C/CNC(=O)c1nc(-c2cccc(C)c2)no1)C(=O)NC1CC1. The van der Waals surface area contributed by atoms with Crippen LogP contribution in [0.15, 0.2) is 52.6 Å². The van der Waals surface area contributed by atoms with Crippen molar-refractivity contribution in [1.29, 1.82) is 0 Å². The zero-order valence-corrected chi connectivity index (χ0v) is 16.1. The molecule has 0 radical (unpaired) electrons. The van der Waals surface area contributed by atoms with Gasteiger partial charge >= 0.3 is 11.8 Å². The highest BCUT2D eigenvalue weighted by Gasteiger charge is 2.24. The lowest BCUT2D eigenvalue weighted by Crippen LogP contribution is -2.28. The first-order valence-electron chi connectivity index (χ1n) is 9.43. The third-order valence-electron chi connectivity index (χ3n) is 4.19. The third kappa shape index (κ3) is 5.39. The van der Waals surface area contributed by atoms with Crippen LogP contribution in [0.1, 0.15) is 42.4 Å². The molecule has 2 aromatic rings. The van der Waals surface area contributed by atoms with Crippen molar-refractivity contribution < 1.29 is 14.1 Å². The van der Waals surface area contributed by atoms with Crippen LogP contribution in [0.3, 0.4) is 0 Å². The van der Waals surface area contributed by atoms with Crippen LogP contribution in [-0.2, 0) is 4.79 Å². The molecule has 0 unspecified atom stereocenters. The second-order valence-electron chi connectivity index (χ2n) is 6.72. The molecular formula is C21H24N4O3. The molecule has 3 rings (SSSR count). The van der Waals surface area contributed by atoms with E-state index in [-0.39, 0.29) is 24.4 Å². The highest BCUT2D eigenvalue weighted by atomic mass is 16.5. The Kier molecular flexibility index (Phi) is 6.37. The van der Waals surface area contributed by atoms with E-state index < -0.39 is 5.91 Å². The average molecular weight is 380 g/mol. The maximum Gasteiger partial charge on any atom is 0.316 e. The van der Waals surface area contributed by atoms with E-state index in [4.69, 9.17) is 4.52 Å². The van der Waals surface area contributed by atoms with Crippen LogP contribution >= 0.6 is 0 Å². The van der Waals surface area contributed by atoms with Gasteiger partial charge in [0.2, 0.25) is 5.82 Å². The van der Waals surface area contributed by atoms with E-state index in [2.05, 4.69) is 20.8 Å². The molecule has 1 aliphatic rings. The summed E-state index contributed by atoms with van der Waals surface area (Å²) in [5.74, 6) is -0.359. The van der Waals surface area contributed by atoms with Crippen LogP contribution in [-0.4, -0.2) is 34.5 Å². The molecule has 7 heteroatoms. The van der Waals surface area contributed by atoms with Gasteiger partial charge in [-0.25, -0.2) is 0 Å². The monoisotopic (exact) mass is 380 g/mol. The van der Waals surface area contributed by atoms with Crippen molar-refractivity contribution in [3.05, 3.63) is 59.5 Å². The molecule has 2 N–H and O–H groups in total. The van der Waals surface area contributed by atoms with Crippen LogP contribution < -0.4 is 10.6 Å². The average Bonchev–Trinajstić information content (AvgIpc) is 3.35. The van der Waals surface area contributed by atoms with Gasteiger partial charge in [0.1, 0.15) is 0 Å². The van der Waals surface area contributed by atoms with Gasteiger partial charge in [-0.1, -0.05) is 54.1 Å². The number of hydrogen-bond acceptors (Lipinski definition) is 5. The van der Waals surface area contributed by atoms with Gasteiger partial charge in [0.05, 0.1) is 0 Å². The van der Waals surface area contributed by atoms with Crippen molar-refractivity contribution in [2.75, 3.05) is 6.54 Å². The van der Waals surface area contributed by atoms with Crippen LogP contribution in [0.4, 0.5) is 0 Å². The van der Waals surface area contributed by atoms with Crippen molar-refractivity contribution >= 4 is 11.8 Å². The molecule has 1 aromatic carbocycles. The molecule has 1 heterocycles. The summed E-state index contributed by atoms with van der Waals surface area (Å²) in [6.45, 7) is 4.14. The van der Waals surface area contributed by atoms with E-state index >= 15 is 0 Å². The second kappa shape index (κ2) is 9.12. The number of nitrogens with one attached hydrogen (secondary N) is 2. The molecular weight excluding hydrogens is 356 g/mol. The quantitative estimate of drug-likeness (QED) is 0.542. The Balaban J connectivity index is 1.61. The zero-order valence-electron chi connectivity index (χ0n) is 16.1. The molecule has 1 aromatic heterocycles. The largest absolute Gasteiger partial charge is 0.349 e. The highest BCUT2D eigenvalue weighted by Crippen LogP contribution is 2.19. The van der Waals surface area contributed by atoms with Gasteiger partial charge in [0.25, 0.3) is 5.91 Å². The number of nitrogens with zero attached hydrogens (tertiary/aromatic N) is 2. The number of allylic oxidation sites excluding steroid dienone is 1. The van der Waals surface area contributed by atoms with E-state index in [1.165, 1.54) is 0 Å². The molecule has 1 aliphatic carbocycles. The number of amides is 2. The minimum atomic E-state index is -0.482. The lowest BCUT2D eigenvalue weighted by molar-refractivity contribution is -0.117. The fraction of sp³-hybridized carbons (Fsp3) is 0.333. The lowest BCUT2D eigenvalue weighted by atomic mass is 10.1. The number of carbonyl (C=O) groups is 2. The van der Waals surface area contributed by atoms with Gasteiger partial charge in [-0.15, -0.1) is 0 Å².